The molecule has 148 valence electrons. The van der Waals surface area contributed by atoms with Gasteiger partial charge in [-0.25, -0.2) is 0 Å². The molecule has 0 aromatic carbocycles. The van der Waals surface area contributed by atoms with Crippen molar-refractivity contribution in [2.75, 3.05) is 26.7 Å². The summed E-state index contributed by atoms with van der Waals surface area (Å²) in [5.41, 5.74) is 4.67. The number of amides is 1. The molecule has 3 aliphatic rings. The van der Waals surface area contributed by atoms with Crippen molar-refractivity contribution >= 4 is 11.7 Å². The number of nitrogens with one attached hydrogen (secondary N) is 2. The number of fused-ring (bicyclic) bond motifs is 1. The zero-order valence-electron chi connectivity index (χ0n) is 17.1. The van der Waals surface area contributed by atoms with E-state index < -0.39 is 0 Å². The van der Waals surface area contributed by atoms with Crippen LogP contribution in [0.3, 0.4) is 0 Å². The van der Waals surface area contributed by atoms with E-state index in [4.69, 9.17) is 0 Å². The number of carbonyl (C=O) groups excluding carboxylic acids is 1. The summed E-state index contributed by atoms with van der Waals surface area (Å²) in [5, 5.41) is 10.9. The Morgan fingerprint density at radius 2 is 2.15 bits per heavy atom. The van der Waals surface area contributed by atoms with Crippen molar-refractivity contribution in [3.8, 4) is 0 Å². The predicted octanol–water partition coefficient (Wildman–Crippen LogP) is 2.22. The number of carbonyl (C=O) groups is 1. The highest BCUT2D eigenvalue weighted by atomic mass is 16.2. The molecule has 0 aromatic heterocycles. The molecule has 0 aliphatic carbocycles. The first-order chi connectivity index (χ1) is 13.0. The van der Waals surface area contributed by atoms with E-state index in [1.165, 1.54) is 5.57 Å². The van der Waals surface area contributed by atoms with Gasteiger partial charge in [-0.2, -0.15) is 5.12 Å². The number of hydrazine groups is 2. The highest BCUT2D eigenvalue weighted by Gasteiger charge is 2.39. The number of hydrogen-bond acceptors (Lipinski definition) is 6. The Balaban J connectivity index is 0.00000126. The molecule has 7 nitrogen and oxygen atoms in total. The molecule has 3 rings (SSSR count). The third-order valence-corrected chi connectivity index (χ3v) is 4.77. The SMILES string of the molecule is C=C/C(=C\C=C/C)CN1CC(C)C(C2=NN3C(=CNN3C)C(=O)N2)C1.CC. The molecular weight excluding hydrogens is 340 g/mol. The van der Waals surface area contributed by atoms with E-state index in [0.717, 1.165) is 25.5 Å². The summed E-state index contributed by atoms with van der Waals surface area (Å²) in [5.74, 6) is 1.24. The lowest BCUT2D eigenvalue weighted by molar-refractivity contribution is -0.120. The maximum Gasteiger partial charge on any atom is 0.278 e. The van der Waals surface area contributed by atoms with E-state index in [2.05, 4.69) is 40.3 Å². The fraction of sp³-hybridized carbons (Fsp3) is 0.500. The minimum Gasteiger partial charge on any atom is -0.307 e. The predicted molar refractivity (Wildman–Crippen MR) is 110 cm³/mol. The van der Waals surface area contributed by atoms with Gasteiger partial charge in [0.15, 0.2) is 5.70 Å². The quantitative estimate of drug-likeness (QED) is 0.725. The molecule has 2 N–H and O–H groups in total. The van der Waals surface area contributed by atoms with Crippen LogP contribution in [-0.2, 0) is 4.79 Å². The second kappa shape index (κ2) is 9.53. The molecule has 2 atom stereocenters. The van der Waals surface area contributed by atoms with Crippen molar-refractivity contribution in [1.82, 2.24) is 25.9 Å². The fourth-order valence-electron chi connectivity index (χ4n) is 3.40. The van der Waals surface area contributed by atoms with Gasteiger partial charge in [0.1, 0.15) is 5.84 Å². The molecule has 2 unspecified atom stereocenters. The maximum atomic E-state index is 12.3. The Bertz CT molecular complexity index is 678. The van der Waals surface area contributed by atoms with Crippen molar-refractivity contribution in [2.45, 2.75) is 27.7 Å². The van der Waals surface area contributed by atoms with Gasteiger partial charge in [0.05, 0.1) is 0 Å². The Labute approximate surface area is 162 Å². The monoisotopic (exact) mass is 372 g/mol. The Morgan fingerprint density at radius 3 is 2.81 bits per heavy atom. The van der Waals surface area contributed by atoms with Gasteiger partial charge in [-0.1, -0.05) is 51.7 Å². The third-order valence-electron chi connectivity index (χ3n) is 4.77. The second-order valence-electron chi connectivity index (χ2n) is 6.66. The van der Waals surface area contributed by atoms with E-state index >= 15 is 0 Å². The van der Waals surface area contributed by atoms with Crippen LogP contribution in [-0.4, -0.2) is 53.6 Å². The number of allylic oxidation sites excluding steroid dienone is 3. The molecule has 1 saturated heterocycles. The lowest BCUT2D eigenvalue weighted by Gasteiger charge is -2.30. The first-order valence-electron chi connectivity index (χ1n) is 9.60. The number of rotatable bonds is 5. The van der Waals surface area contributed by atoms with Gasteiger partial charge in [-0.15, -0.1) is 10.2 Å². The standard InChI is InChI=1S/C18H26N6O.C2H6/c1-5-7-8-14(6-2)11-23-10-13(3)15(12-23)17-20-18(25)16-9-19-22(4)24(16)21-17;1-2/h5-9,13,15,19H,2,10-12H2,1,3-4H3,(H,20,21,25);1-2H3/b7-5-,14-8+;. The topological polar surface area (TPSA) is 63.2 Å². The van der Waals surface area contributed by atoms with Crippen molar-refractivity contribution in [1.29, 1.82) is 0 Å². The van der Waals surface area contributed by atoms with Crippen LogP contribution in [0.25, 0.3) is 0 Å². The van der Waals surface area contributed by atoms with Crippen LogP contribution in [0.4, 0.5) is 0 Å². The van der Waals surface area contributed by atoms with Crippen LogP contribution < -0.4 is 10.7 Å². The van der Waals surface area contributed by atoms with Gasteiger partial charge in [-0.3, -0.25) is 9.69 Å². The van der Waals surface area contributed by atoms with Crippen LogP contribution in [0.5, 0.6) is 0 Å². The van der Waals surface area contributed by atoms with Crippen molar-refractivity contribution < 1.29 is 4.79 Å². The molecule has 3 heterocycles. The summed E-state index contributed by atoms with van der Waals surface area (Å²) in [7, 11) is 1.83. The lowest BCUT2D eigenvalue weighted by atomic mass is 9.96. The van der Waals surface area contributed by atoms with Crippen LogP contribution in [0.2, 0.25) is 0 Å². The molecular formula is C20H32N6O. The van der Waals surface area contributed by atoms with Gasteiger partial charge >= 0.3 is 0 Å². The third kappa shape index (κ3) is 4.67. The average Bonchev–Trinajstić information content (AvgIpc) is 3.23. The number of nitrogens with zero attached hydrogens (tertiary/aromatic N) is 4. The highest BCUT2D eigenvalue weighted by molar-refractivity contribution is 6.08. The number of likely N-dealkylation sites (tertiary alicyclic amines) is 1. The van der Waals surface area contributed by atoms with Gasteiger partial charge in [0.25, 0.3) is 5.91 Å². The van der Waals surface area contributed by atoms with Gasteiger partial charge in [0.2, 0.25) is 0 Å². The molecule has 0 radical (unpaired) electrons. The zero-order chi connectivity index (χ0) is 20.0. The average molecular weight is 373 g/mol. The van der Waals surface area contributed by atoms with E-state index in [1.54, 1.807) is 16.4 Å². The zero-order valence-corrected chi connectivity index (χ0v) is 17.1. The van der Waals surface area contributed by atoms with Crippen LogP contribution in [0.1, 0.15) is 27.7 Å². The molecule has 0 aromatic rings. The number of hydrazone groups is 1. The molecule has 0 spiro atoms. The summed E-state index contributed by atoms with van der Waals surface area (Å²) in [6.45, 7) is 14.8. The second-order valence-corrected chi connectivity index (χ2v) is 6.66. The van der Waals surface area contributed by atoms with Crippen molar-refractivity contribution in [3.63, 3.8) is 0 Å². The fourth-order valence-corrected chi connectivity index (χ4v) is 3.40. The first-order valence-corrected chi connectivity index (χ1v) is 9.60. The summed E-state index contributed by atoms with van der Waals surface area (Å²) in [4.78, 5) is 14.7. The van der Waals surface area contributed by atoms with Crippen LogP contribution in [0.15, 0.2) is 53.5 Å². The molecule has 27 heavy (non-hydrogen) atoms. The Hall–Kier alpha value is -2.38. The van der Waals surface area contributed by atoms with Crippen LogP contribution >= 0.6 is 0 Å². The molecule has 1 amide bonds. The lowest BCUT2D eigenvalue weighted by Crippen LogP contribution is -2.50. The Morgan fingerprint density at radius 1 is 1.41 bits per heavy atom. The van der Waals surface area contributed by atoms with E-state index in [-0.39, 0.29) is 11.8 Å². The van der Waals surface area contributed by atoms with Gasteiger partial charge < -0.3 is 10.7 Å². The normalized spacial score (nSPS) is 26.0. The summed E-state index contributed by atoms with van der Waals surface area (Å²) >= 11 is 0. The number of hydrogen-bond donors (Lipinski definition) is 2. The molecule has 1 fully saturated rings. The summed E-state index contributed by atoms with van der Waals surface area (Å²) in [6.07, 6.45) is 9.69. The smallest absolute Gasteiger partial charge is 0.278 e. The summed E-state index contributed by atoms with van der Waals surface area (Å²) < 4.78 is 0. The van der Waals surface area contributed by atoms with Crippen molar-refractivity contribution in [2.24, 2.45) is 16.9 Å². The first kappa shape index (κ1) is 20.9. The van der Waals surface area contributed by atoms with E-state index in [1.807, 2.05) is 46.0 Å². The maximum absolute atomic E-state index is 12.3. The molecule has 7 heteroatoms. The molecule has 0 saturated carbocycles. The minimum absolute atomic E-state index is 0.118. The largest absolute Gasteiger partial charge is 0.307 e. The number of amidine groups is 1. The van der Waals surface area contributed by atoms with Crippen LogP contribution in [0, 0.1) is 11.8 Å². The highest BCUT2D eigenvalue weighted by Crippen LogP contribution is 2.27. The summed E-state index contributed by atoms with van der Waals surface area (Å²) in [6, 6.07) is 0. The Kier molecular flexibility index (Phi) is 7.38. The van der Waals surface area contributed by atoms with E-state index in [9.17, 15) is 4.79 Å². The van der Waals surface area contributed by atoms with Gasteiger partial charge in [0, 0.05) is 38.8 Å². The van der Waals surface area contributed by atoms with Gasteiger partial charge in [-0.05, 0) is 18.4 Å². The van der Waals surface area contributed by atoms with Crippen molar-refractivity contribution in [3.05, 3.63) is 48.4 Å². The van der Waals surface area contributed by atoms with E-state index in [0.29, 0.717) is 11.6 Å². The molecule has 0 bridgehead atoms. The molecule has 3 aliphatic heterocycles. The minimum atomic E-state index is -0.118.